The van der Waals surface area contributed by atoms with E-state index >= 15 is 0 Å². The molecule has 0 heterocycles. The maximum absolute atomic E-state index is 12.5. The van der Waals surface area contributed by atoms with Crippen LogP contribution in [0.1, 0.15) is 45.6 Å². The Bertz CT molecular complexity index is 545. The second kappa shape index (κ2) is 12.3. The minimum absolute atomic E-state index is 0.0136. The molecule has 2 amide bonds. The molecule has 0 aliphatic heterocycles. The Labute approximate surface area is 156 Å². The molecule has 1 aromatic rings. The standard InChI is InChI=1S/C20H32N2O4/c1-5-8-19(23)22(15-17-9-11-18(25-4)12-10-17)16(3)20(24)21-13-7-14-26-6-2/h9-12,16H,5-8,13-15H2,1-4H3,(H,21,24). The Kier molecular flexibility index (Phi) is 10.4. The molecule has 146 valence electrons. The van der Waals surface area contributed by atoms with Crippen LogP contribution >= 0.6 is 0 Å². The number of rotatable bonds is 12. The highest BCUT2D eigenvalue weighted by Crippen LogP contribution is 2.15. The van der Waals surface area contributed by atoms with Gasteiger partial charge in [0.25, 0.3) is 0 Å². The van der Waals surface area contributed by atoms with Crippen LogP contribution in [0.4, 0.5) is 0 Å². The molecule has 26 heavy (non-hydrogen) atoms. The molecule has 0 aromatic heterocycles. The van der Waals surface area contributed by atoms with Gasteiger partial charge < -0.3 is 19.7 Å². The van der Waals surface area contributed by atoms with Crippen molar-refractivity contribution in [3.8, 4) is 5.75 Å². The van der Waals surface area contributed by atoms with Crippen LogP contribution in [0.25, 0.3) is 0 Å². The van der Waals surface area contributed by atoms with Crippen LogP contribution in [0.5, 0.6) is 5.75 Å². The first-order chi connectivity index (χ1) is 12.5. The number of hydrogen-bond donors (Lipinski definition) is 1. The van der Waals surface area contributed by atoms with Crippen molar-refractivity contribution in [1.82, 2.24) is 10.2 Å². The number of nitrogens with one attached hydrogen (secondary N) is 1. The van der Waals surface area contributed by atoms with Crippen LogP contribution in [-0.2, 0) is 20.9 Å². The van der Waals surface area contributed by atoms with E-state index in [1.807, 2.05) is 38.1 Å². The van der Waals surface area contributed by atoms with Crippen LogP contribution in [0.15, 0.2) is 24.3 Å². The minimum Gasteiger partial charge on any atom is -0.497 e. The predicted molar refractivity (Wildman–Crippen MR) is 102 cm³/mol. The van der Waals surface area contributed by atoms with Crippen LogP contribution in [0.2, 0.25) is 0 Å². The molecule has 1 rings (SSSR count). The summed E-state index contributed by atoms with van der Waals surface area (Å²) in [5.74, 6) is 0.611. The molecule has 1 atom stereocenters. The Balaban J connectivity index is 2.71. The molecule has 6 nitrogen and oxygen atoms in total. The fourth-order valence-corrected chi connectivity index (χ4v) is 2.55. The van der Waals surface area contributed by atoms with Gasteiger partial charge in [-0.15, -0.1) is 0 Å². The van der Waals surface area contributed by atoms with Crippen molar-refractivity contribution in [3.63, 3.8) is 0 Å². The smallest absolute Gasteiger partial charge is 0.242 e. The fourth-order valence-electron chi connectivity index (χ4n) is 2.55. The van der Waals surface area contributed by atoms with Gasteiger partial charge in [-0.05, 0) is 44.4 Å². The molecule has 0 aliphatic carbocycles. The lowest BCUT2D eigenvalue weighted by atomic mass is 10.1. The lowest BCUT2D eigenvalue weighted by molar-refractivity contribution is -0.140. The third kappa shape index (κ3) is 7.44. The largest absolute Gasteiger partial charge is 0.497 e. The number of amides is 2. The third-order valence-corrected chi connectivity index (χ3v) is 4.11. The Morgan fingerprint density at radius 2 is 1.88 bits per heavy atom. The fraction of sp³-hybridized carbons (Fsp3) is 0.600. The lowest BCUT2D eigenvalue weighted by Crippen LogP contribution is -2.47. The number of carbonyl (C=O) groups excluding carboxylic acids is 2. The summed E-state index contributed by atoms with van der Waals surface area (Å²) in [7, 11) is 1.62. The molecule has 0 spiro atoms. The Hall–Kier alpha value is -2.08. The maximum Gasteiger partial charge on any atom is 0.242 e. The summed E-state index contributed by atoms with van der Waals surface area (Å²) in [6.07, 6.45) is 1.94. The maximum atomic E-state index is 12.5. The SMILES string of the molecule is CCCC(=O)N(Cc1ccc(OC)cc1)C(C)C(=O)NCCCOCC. The molecule has 0 saturated carbocycles. The van der Waals surface area contributed by atoms with Gasteiger partial charge >= 0.3 is 0 Å². The summed E-state index contributed by atoms with van der Waals surface area (Å²) in [5.41, 5.74) is 0.964. The van der Waals surface area contributed by atoms with Gasteiger partial charge in [-0.3, -0.25) is 9.59 Å². The van der Waals surface area contributed by atoms with Gasteiger partial charge in [0.2, 0.25) is 11.8 Å². The van der Waals surface area contributed by atoms with E-state index in [2.05, 4.69) is 5.32 Å². The highest BCUT2D eigenvalue weighted by molar-refractivity contribution is 5.87. The zero-order valence-electron chi connectivity index (χ0n) is 16.4. The molecule has 6 heteroatoms. The van der Waals surface area contributed by atoms with Crippen LogP contribution in [0.3, 0.4) is 0 Å². The van der Waals surface area contributed by atoms with E-state index in [0.717, 1.165) is 24.2 Å². The molecule has 0 radical (unpaired) electrons. The Morgan fingerprint density at radius 1 is 1.19 bits per heavy atom. The first kappa shape index (κ1) is 22.0. The van der Waals surface area contributed by atoms with Crippen LogP contribution in [0, 0.1) is 0 Å². The van der Waals surface area contributed by atoms with E-state index < -0.39 is 6.04 Å². The van der Waals surface area contributed by atoms with Gasteiger partial charge in [0.05, 0.1) is 7.11 Å². The van der Waals surface area contributed by atoms with Crippen molar-refractivity contribution < 1.29 is 19.1 Å². The molecular formula is C20H32N2O4. The van der Waals surface area contributed by atoms with E-state index in [0.29, 0.717) is 32.7 Å². The molecule has 1 aromatic carbocycles. The quantitative estimate of drug-likeness (QED) is 0.579. The first-order valence-corrected chi connectivity index (χ1v) is 9.31. The summed E-state index contributed by atoms with van der Waals surface area (Å²) < 4.78 is 10.4. The normalized spacial score (nSPS) is 11.7. The first-order valence-electron chi connectivity index (χ1n) is 9.31. The van der Waals surface area contributed by atoms with E-state index in [4.69, 9.17) is 9.47 Å². The van der Waals surface area contributed by atoms with E-state index in [1.165, 1.54) is 0 Å². The summed E-state index contributed by atoms with van der Waals surface area (Å²) in [5, 5.41) is 2.89. The van der Waals surface area contributed by atoms with Crippen molar-refractivity contribution in [2.24, 2.45) is 0 Å². The van der Waals surface area contributed by atoms with Gasteiger partial charge in [0.15, 0.2) is 0 Å². The lowest BCUT2D eigenvalue weighted by Gasteiger charge is -2.29. The molecular weight excluding hydrogens is 332 g/mol. The van der Waals surface area contributed by atoms with Crippen molar-refractivity contribution in [1.29, 1.82) is 0 Å². The Morgan fingerprint density at radius 3 is 2.46 bits per heavy atom. The van der Waals surface area contributed by atoms with Crippen molar-refractivity contribution in [3.05, 3.63) is 29.8 Å². The van der Waals surface area contributed by atoms with Gasteiger partial charge in [-0.25, -0.2) is 0 Å². The third-order valence-electron chi connectivity index (χ3n) is 4.11. The zero-order chi connectivity index (χ0) is 19.4. The van der Waals surface area contributed by atoms with Crippen molar-refractivity contribution in [2.75, 3.05) is 26.9 Å². The average Bonchev–Trinajstić information content (AvgIpc) is 2.65. The second-order valence-corrected chi connectivity index (χ2v) is 6.14. The molecule has 1 unspecified atom stereocenters. The number of methoxy groups -OCH3 is 1. The molecule has 1 N–H and O–H groups in total. The van der Waals surface area contributed by atoms with Crippen LogP contribution in [-0.4, -0.2) is 49.6 Å². The summed E-state index contributed by atoms with van der Waals surface area (Å²) in [4.78, 5) is 26.6. The summed E-state index contributed by atoms with van der Waals surface area (Å²) >= 11 is 0. The van der Waals surface area contributed by atoms with Gasteiger partial charge in [0, 0.05) is 32.7 Å². The number of nitrogens with zero attached hydrogens (tertiary/aromatic N) is 1. The molecule has 0 saturated heterocycles. The summed E-state index contributed by atoms with van der Waals surface area (Å²) in [6, 6.07) is 7.02. The number of ether oxygens (including phenoxy) is 2. The number of benzene rings is 1. The van der Waals surface area contributed by atoms with Crippen LogP contribution < -0.4 is 10.1 Å². The summed E-state index contributed by atoms with van der Waals surface area (Å²) in [6.45, 7) is 7.91. The highest BCUT2D eigenvalue weighted by Gasteiger charge is 2.25. The van der Waals surface area contributed by atoms with Gasteiger partial charge in [-0.2, -0.15) is 0 Å². The highest BCUT2D eigenvalue weighted by atomic mass is 16.5. The van der Waals surface area contributed by atoms with Crippen molar-refractivity contribution in [2.45, 2.75) is 52.6 Å². The predicted octanol–water partition coefficient (Wildman–Crippen LogP) is 2.76. The van der Waals surface area contributed by atoms with E-state index in [1.54, 1.807) is 18.9 Å². The van der Waals surface area contributed by atoms with E-state index in [9.17, 15) is 9.59 Å². The zero-order valence-corrected chi connectivity index (χ0v) is 16.4. The monoisotopic (exact) mass is 364 g/mol. The van der Waals surface area contributed by atoms with Gasteiger partial charge in [0.1, 0.15) is 11.8 Å². The second-order valence-electron chi connectivity index (χ2n) is 6.14. The molecule has 0 bridgehead atoms. The number of hydrogen-bond acceptors (Lipinski definition) is 4. The minimum atomic E-state index is -0.525. The van der Waals surface area contributed by atoms with E-state index in [-0.39, 0.29) is 11.8 Å². The molecule has 0 fully saturated rings. The van der Waals surface area contributed by atoms with Gasteiger partial charge in [-0.1, -0.05) is 19.1 Å². The van der Waals surface area contributed by atoms with Crippen molar-refractivity contribution >= 4 is 11.8 Å². The number of carbonyl (C=O) groups is 2. The average molecular weight is 364 g/mol. The topological polar surface area (TPSA) is 67.9 Å². The molecule has 0 aliphatic rings.